The Bertz CT molecular complexity index is 2740. The van der Waals surface area contributed by atoms with Crippen molar-refractivity contribution in [3.63, 3.8) is 0 Å². The second kappa shape index (κ2) is 8.96. The molecule has 4 heterocycles. The van der Waals surface area contributed by atoms with E-state index in [1.165, 1.54) is 42.4 Å². The minimum atomic E-state index is 0.831. The van der Waals surface area contributed by atoms with Crippen molar-refractivity contribution in [2.75, 3.05) is 0 Å². The Morgan fingerprint density at radius 1 is 0.455 bits per heavy atom. The summed E-state index contributed by atoms with van der Waals surface area (Å²) in [6, 6.07) is 47.0. The van der Waals surface area contributed by atoms with Crippen LogP contribution in [-0.2, 0) is 0 Å². The van der Waals surface area contributed by atoms with Crippen molar-refractivity contribution >= 4 is 86.0 Å². The number of thiophene rings is 1. The van der Waals surface area contributed by atoms with Crippen LogP contribution in [0.4, 0.5) is 0 Å². The Morgan fingerprint density at radius 3 is 1.82 bits per heavy atom. The van der Waals surface area contributed by atoms with E-state index >= 15 is 0 Å². The van der Waals surface area contributed by atoms with Crippen LogP contribution in [0.1, 0.15) is 0 Å². The highest BCUT2D eigenvalue weighted by molar-refractivity contribution is 7.25. The van der Waals surface area contributed by atoms with Gasteiger partial charge in [0.25, 0.3) is 0 Å². The van der Waals surface area contributed by atoms with Crippen LogP contribution in [0.3, 0.4) is 0 Å². The Morgan fingerprint density at radius 2 is 1.05 bits per heavy atom. The molecule has 4 heteroatoms. The molecule has 6 aromatic carbocycles. The van der Waals surface area contributed by atoms with Crippen molar-refractivity contribution < 1.29 is 4.42 Å². The molecule has 0 atom stereocenters. The van der Waals surface area contributed by atoms with Crippen molar-refractivity contribution in [3.8, 4) is 22.5 Å². The molecule has 0 aliphatic rings. The largest absolute Gasteiger partial charge is 0.454 e. The molecule has 3 nitrogen and oxygen atoms in total. The molecular weight excluding hydrogens is 557 g/mol. The first-order valence-electron chi connectivity index (χ1n) is 14.8. The van der Waals surface area contributed by atoms with E-state index in [4.69, 9.17) is 14.4 Å². The average Bonchev–Trinajstić information content (AvgIpc) is 3.66. The molecule has 0 aliphatic heterocycles. The zero-order valence-electron chi connectivity index (χ0n) is 23.4. The third-order valence-corrected chi connectivity index (χ3v) is 9.95. The van der Waals surface area contributed by atoms with Gasteiger partial charge in [0.1, 0.15) is 16.1 Å². The van der Waals surface area contributed by atoms with Crippen LogP contribution in [0, 0.1) is 0 Å². The average molecular weight is 579 g/mol. The molecule has 0 bridgehead atoms. The first-order chi connectivity index (χ1) is 21.8. The number of furan rings is 1. The Balaban J connectivity index is 1.17. The summed E-state index contributed by atoms with van der Waals surface area (Å²) in [7, 11) is 0. The number of pyridine rings is 2. The Labute approximate surface area is 255 Å². The first kappa shape index (κ1) is 23.9. The molecule has 0 amide bonds. The van der Waals surface area contributed by atoms with Crippen LogP contribution in [0.5, 0.6) is 0 Å². The molecule has 0 saturated carbocycles. The first-order valence-corrected chi connectivity index (χ1v) is 15.6. The van der Waals surface area contributed by atoms with Crippen molar-refractivity contribution in [2.45, 2.75) is 0 Å². The minimum Gasteiger partial charge on any atom is -0.454 e. The second-order valence-corrected chi connectivity index (χ2v) is 12.3. The van der Waals surface area contributed by atoms with Gasteiger partial charge >= 0.3 is 0 Å². The van der Waals surface area contributed by atoms with Gasteiger partial charge in [0.05, 0.1) is 11.2 Å². The SMILES string of the molecule is c1ccc2c(c1)oc1c(-c3ccc(-c4ccc5c6ccccc6c6ccccc6c5n4)cc3)nc3sc4ccccc4c3c12. The highest BCUT2D eigenvalue weighted by atomic mass is 32.1. The van der Waals surface area contributed by atoms with Crippen LogP contribution >= 0.6 is 11.3 Å². The van der Waals surface area contributed by atoms with E-state index in [-0.39, 0.29) is 0 Å². The minimum absolute atomic E-state index is 0.831. The predicted molar refractivity (Wildman–Crippen MR) is 186 cm³/mol. The summed E-state index contributed by atoms with van der Waals surface area (Å²) in [5, 5.41) is 10.7. The van der Waals surface area contributed by atoms with Gasteiger partial charge in [0.2, 0.25) is 0 Å². The van der Waals surface area contributed by atoms with Gasteiger partial charge in [-0.2, -0.15) is 0 Å². The molecule has 0 spiro atoms. The maximum absolute atomic E-state index is 6.53. The van der Waals surface area contributed by atoms with Gasteiger partial charge in [-0.15, -0.1) is 11.3 Å². The number of fused-ring (bicyclic) bond motifs is 13. The number of aromatic nitrogens is 2. The van der Waals surface area contributed by atoms with Crippen molar-refractivity contribution in [1.29, 1.82) is 0 Å². The summed E-state index contributed by atoms with van der Waals surface area (Å²) in [6.07, 6.45) is 0. The fraction of sp³-hybridized carbons (Fsp3) is 0. The molecule has 0 saturated heterocycles. The zero-order valence-corrected chi connectivity index (χ0v) is 24.2. The number of hydrogen-bond donors (Lipinski definition) is 0. The quantitative estimate of drug-likeness (QED) is 0.192. The lowest BCUT2D eigenvalue weighted by Crippen LogP contribution is -1.90. The maximum Gasteiger partial charge on any atom is 0.162 e. The molecule has 0 N–H and O–H groups in total. The van der Waals surface area contributed by atoms with E-state index < -0.39 is 0 Å². The molecule has 204 valence electrons. The number of nitrogens with zero attached hydrogens (tertiary/aromatic N) is 2. The van der Waals surface area contributed by atoms with E-state index in [2.05, 4.69) is 121 Å². The molecule has 0 fully saturated rings. The number of hydrogen-bond acceptors (Lipinski definition) is 4. The molecule has 10 rings (SSSR count). The molecular formula is C40H22N2OS. The van der Waals surface area contributed by atoms with Crippen LogP contribution < -0.4 is 0 Å². The molecule has 0 unspecified atom stereocenters. The highest BCUT2D eigenvalue weighted by Crippen LogP contribution is 2.45. The monoisotopic (exact) mass is 578 g/mol. The number of rotatable bonds is 2. The van der Waals surface area contributed by atoms with E-state index in [1.54, 1.807) is 11.3 Å². The van der Waals surface area contributed by atoms with E-state index in [0.717, 1.165) is 54.8 Å². The fourth-order valence-corrected chi connectivity index (χ4v) is 7.97. The van der Waals surface area contributed by atoms with Gasteiger partial charge in [0, 0.05) is 48.1 Å². The predicted octanol–water partition coefficient (Wildman–Crippen LogP) is 11.5. The fourth-order valence-electron chi connectivity index (χ4n) is 6.88. The summed E-state index contributed by atoms with van der Waals surface area (Å²) in [4.78, 5) is 11.5. The lowest BCUT2D eigenvalue weighted by molar-refractivity contribution is 0.669. The van der Waals surface area contributed by atoms with Crippen LogP contribution in [0.2, 0.25) is 0 Å². The molecule has 0 aliphatic carbocycles. The highest BCUT2D eigenvalue weighted by Gasteiger charge is 2.21. The third kappa shape index (κ3) is 3.31. The summed E-state index contributed by atoms with van der Waals surface area (Å²) in [5.74, 6) is 0. The van der Waals surface area contributed by atoms with Gasteiger partial charge in [-0.1, -0.05) is 109 Å². The molecule has 4 aromatic heterocycles. The van der Waals surface area contributed by atoms with Gasteiger partial charge < -0.3 is 4.42 Å². The van der Waals surface area contributed by atoms with Gasteiger partial charge in [-0.3, -0.25) is 0 Å². The Kier molecular flexibility index (Phi) is 4.87. The van der Waals surface area contributed by atoms with Crippen molar-refractivity contribution in [1.82, 2.24) is 9.97 Å². The van der Waals surface area contributed by atoms with Crippen LogP contribution in [0.15, 0.2) is 138 Å². The molecule has 44 heavy (non-hydrogen) atoms. The van der Waals surface area contributed by atoms with Crippen molar-refractivity contribution in [2.24, 2.45) is 0 Å². The number of benzene rings is 6. The zero-order chi connectivity index (χ0) is 28.8. The molecule has 10 aromatic rings. The lowest BCUT2D eigenvalue weighted by atomic mass is 9.96. The van der Waals surface area contributed by atoms with Gasteiger partial charge in [-0.25, -0.2) is 9.97 Å². The van der Waals surface area contributed by atoms with Crippen LogP contribution in [-0.4, -0.2) is 9.97 Å². The van der Waals surface area contributed by atoms with E-state index in [0.29, 0.717) is 0 Å². The van der Waals surface area contributed by atoms with E-state index in [1.807, 2.05) is 12.1 Å². The third-order valence-electron chi connectivity index (χ3n) is 8.89. The Hall–Kier alpha value is -5.58. The summed E-state index contributed by atoms with van der Waals surface area (Å²) < 4.78 is 7.77. The van der Waals surface area contributed by atoms with E-state index in [9.17, 15) is 0 Å². The van der Waals surface area contributed by atoms with Gasteiger partial charge in [0.15, 0.2) is 5.58 Å². The normalized spacial score (nSPS) is 12.1. The smallest absolute Gasteiger partial charge is 0.162 e. The topological polar surface area (TPSA) is 38.9 Å². The second-order valence-electron chi connectivity index (χ2n) is 11.3. The number of para-hydroxylation sites is 1. The summed E-state index contributed by atoms with van der Waals surface area (Å²) in [5.41, 5.74) is 6.65. The van der Waals surface area contributed by atoms with Crippen LogP contribution in [0.25, 0.3) is 97.2 Å². The summed E-state index contributed by atoms with van der Waals surface area (Å²) in [6.45, 7) is 0. The maximum atomic E-state index is 6.53. The summed E-state index contributed by atoms with van der Waals surface area (Å²) >= 11 is 1.74. The standard InChI is InChI=1S/C40H22N2OS/c1-2-11-27-25(9-1)26-10-3-4-12-28(26)38-29(27)21-22-32(41-38)23-17-19-24(20-18-23)37-39-35(30-13-5-7-15-33(30)43-39)36-31-14-6-8-16-34(31)44-40(36)42-37/h1-22H. The van der Waals surface area contributed by atoms with Crippen molar-refractivity contribution in [3.05, 3.63) is 133 Å². The van der Waals surface area contributed by atoms with Gasteiger partial charge in [-0.05, 0) is 40.4 Å². The molecule has 0 radical (unpaired) electrons. The lowest BCUT2D eigenvalue weighted by Gasteiger charge is -2.11.